The lowest BCUT2D eigenvalue weighted by Gasteiger charge is -2.05. The topological polar surface area (TPSA) is 76.7 Å². The van der Waals surface area contributed by atoms with Crippen molar-refractivity contribution in [3.05, 3.63) is 29.8 Å². The van der Waals surface area contributed by atoms with Gasteiger partial charge in [0, 0.05) is 12.1 Å². The van der Waals surface area contributed by atoms with Crippen LogP contribution in [0, 0.1) is 0 Å². The summed E-state index contributed by atoms with van der Waals surface area (Å²) < 4.78 is 0. The largest absolute Gasteiger partial charge is 0.384 e. The lowest BCUT2D eigenvalue weighted by Crippen LogP contribution is -2.18. The van der Waals surface area contributed by atoms with Crippen LogP contribution in [0.25, 0.3) is 0 Å². The molecule has 0 saturated carbocycles. The number of anilines is 1. The monoisotopic (exact) mass is 249 g/mol. The maximum absolute atomic E-state index is 11.5. The van der Waals surface area contributed by atoms with Crippen molar-refractivity contribution < 1.29 is 9.63 Å². The Morgan fingerprint density at radius 3 is 2.56 bits per heavy atom. The van der Waals surface area contributed by atoms with Gasteiger partial charge in [0.25, 0.3) is 5.91 Å². The van der Waals surface area contributed by atoms with Crippen molar-refractivity contribution in [1.29, 1.82) is 0 Å². The molecule has 0 spiro atoms. The van der Waals surface area contributed by atoms with E-state index in [1.807, 2.05) is 31.2 Å². The van der Waals surface area contributed by atoms with Gasteiger partial charge in [-0.15, -0.1) is 0 Å². The van der Waals surface area contributed by atoms with Crippen LogP contribution in [0.4, 0.5) is 5.69 Å². The first kappa shape index (κ1) is 14.0. The van der Waals surface area contributed by atoms with E-state index in [2.05, 4.69) is 17.4 Å². The smallest absolute Gasteiger partial charge is 0.265 e. The molecule has 0 aromatic heterocycles. The Hall–Kier alpha value is -2.04. The van der Waals surface area contributed by atoms with E-state index in [0.717, 1.165) is 12.1 Å². The van der Waals surface area contributed by atoms with E-state index in [-0.39, 0.29) is 12.5 Å². The number of nitrogens with zero attached hydrogens (tertiary/aromatic N) is 1. The number of amidine groups is 1. The van der Waals surface area contributed by atoms with Gasteiger partial charge in [-0.3, -0.25) is 4.79 Å². The molecule has 0 unspecified atom stereocenters. The SMILES string of the molecule is CCC(N)=NOCC(=O)Nc1ccc(CC)cc1. The summed E-state index contributed by atoms with van der Waals surface area (Å²) in [5, 5.41) is 6.30. The van der Waals surface area contributed by atoms with Gasteiger partial charge in [-0.1, -0.05) is 31.1 Å². The molecule has 0 aliphatic rings. The predicted octanol–water partition coefficient (Wildman–Crippen LogP) is 1.89. The molecule has 0 fully saturated rings. The lowest BCUT2D eigenvalue weighted by atomic mass is 10.1. The van der Waals surface area contributed by atoms with Crippen LogP contribution in [0.2, 0.25) is 0 Å². The molecule has 0 aliphatic heterocycles. The van der Waals surface area contributed by atoms with Crippen LogP contribution in [0.15, 0.2) is 29.4 Å². The summed E-state index contributed by atoms with van der Waals surface area (Å²) in [6, 6.07) is 7.67. The predicted molar refractivity (Wildman–Crippen MR) is 72.3 cm³/mol. The summed E-state index contributed by atoms with van der Waals surface area (Å²) >= 11 is 0. The average molecular weight is 249 g/mol. The number of oxime groups is 1. The van der Waals surface area contributed by atoms with Crippen LogP contribution < -0.4 is 11.1 Å². The van der Waals surface area contributed by atoms with Crippen molar-refractivity contribution in [1.82, 2.24) is 0 Å². The summed E-state index contributed by atoms with van der Waals surface area (Å²) in [5.74, 6) is 0.113. The first-order valence-corrected chi connectivity index (χ1v) is 5.98. The third-order valence-corrected chi connectivity index (χ3v) is 2.39. The average Bonchev–Trinajstić information content (AvgIpc) is 2.39. The first-order valence-electron chi connectivity index (χ1n) is 5.98. The number of rotatable bonds is 6. The highest BCUT2D eigenvalue weighted by Crippen LogP contribution is 2.09. The highest BCUT2D eigenvalue weighted by atomic mass is 16.6. The minimum absolute atomic E-state index is 0.143. The summed E-state index contributed by atoms with van der Waals surface area (Å²) in [4.78, 5) is 16.3. The number of hydrogen-bond donors (Lipinski definition) is 2. The summed E-state index contributed by atoms with van der Waals surface area (Å²) in [6.07, 6.45) is 1.57. The van der Waals surface area contributed by atoms with Gasteiger partial charge >= 0.3 is 0 Å². The molecule has 0 saturated heterocycles. The minimum atomic E-state index is -0.257. The normalized spacial score (nSPS) is 11.1. The van der Waals surface area contributed by atoms with Crippen LogP contribution in [0.5, 0.6) is 0 Å². The fourth-order valence-corrected chi connectivity index (χ4v) is 1.26. The number of aryl methyl sites for hydroxylation is 1. The Bertz CT molecular complexity index is 413. The Morgan fingerprint density at radius 2 is 2.00 bits per heavy atom. The van der Waals surface area contributed by atoms with Crippen molar-refractivity contribution in [2.45, 2.75) is 26.7 Å². The molecule has 1 aromatic carbocycles. The Balaban J connectivity index is 2.39. The molecule has 0 atom stereocenters. The Morgan fingerprint density at radius 1 is 1.33 bits per heavy atom. The Kier molecular flexibility index (Phi) is 5.70. The minimum Gasteiger partial charge on any atom is -0.384 e. The van der Waals surface area contributed by atoms with Crippen molar-refractivity contribution in [2.75, 3.05) is 11.9 Å². The molecule has 3 N–H and O–H groups in total. The second-order valence-electron chi connectivity index (χ2n) is 3.81. The van der Waals surface area contributed by atoms with E-state index < -0.39 is 0 Å². The standard InChI is InChI=1S/C13H19N3O2/c1-3-10-5-7-11(8-6-10)15-13(17)9-18-16-12(14)4-2/h5-8H,3-4,9H2,1-2H3,(H2,14,16)(H,15,17). The van der Waals surface area contributed by atoms with Crippen LogP contribution in [0.1, 0.15) is 25.8 Å². The molecule has 0 aliphatic carbocycles. The fraction of sp³-hybridized carbons (Fsp3) is 0.385. The number of carbonyl (C=O) groups is 1. The van der Waals surface area contributed by atoms with E-state index in [9.17, 15) is 4.79 Å². The first-order chi connectivity index (χ1) is 8.65. The molecule has 18 heavy (non-hydrogen) atoms. The molecule has 98 valence electrons. The number of hydrogen-bond acceptors (Lipinski definition) is 3. The molecule has 0 radical (unpaired) electrons. The van der Waals surface area contributed by atoms with Gasteiger partial charge in [-0.2, -0.15) is 0 Å². The van der Waals surface area contributed by atoms with Crippen LogP contribution in [-0.4, -0.2) is 18.3 Å². The van der Waals surface area contributed by atoms with Gasteiger partial charge < -0.3 is 15.9 Å². The van der Waals surface area contributed by atoms with E-state index in [0.29, 0.717) is 12.3 Å². The molecule has 1 aromatic rings. The molecule has 5 heteroatoms. The molecule has 5 nitrogen and oxygen atoms in total. The zero-order valence-electron chi connectivity index (χ0n) is 10.8. The third-order valence-electron chi connectivity index (χ3n) is 2.39. The van der Waals surface area contributed by atoms with Gasteiger partial charge in [0.1, 0.15) is 5.84 Å². The van der Waals surface area contributed by atoms with E-state index in [1.54, 1.807) is 0 Å². The summed E-state index contributed by atoms with van der Waals surface area (Å²) in [6.45, 7) is 3.80. The highest BCUT2D eigenvalue weighted by Gasteiger charge is 2.02. The zero-order valence-corrected chi connectivity index (χ0v) is 10.8. The maximum Gasteiger partial charge on any atom is 0.265 e. The van der Waals surface area contributed by atoms with Gasteiger partial charge in [-0.05, 0) is 24.1 Å². The number of nitrogens with one attached hydrogen (secondary N) is 1. The van der Waals surface area contributed by atoms with Crippen molar-refractivity contribution in [3.63, 3.8) is 0 Å². The number of amides is 1. The summed E-state index contributed by atoms with van der Waals surface area (Å²) in [7, 11) is 0. The molecule has 0 bridgehead atoms. The van der Waals surface area contributed by atoms with Crippen molar-refractivity contribution in [3.8, 4) is 0 Å². The maximum atomic E-state index is 11.5. The van der Waals surface area contributed by atoms with Gasteiger partial charge in [-0.25, -0.2) is 0 Å². The van der Waals surface area contributed by atoms with Gasteiger partial charge in [0.15, 0.2) is 6.61 Å². The van der Waals surface area contributed by atoms with Crippen LogP contribution >= 0.6 is 0 Å². The Labute approximate surface area is 107 Å². The molecule has 1 amide bonds. The summed E-state index contributed by atoms with van der Waals surface area (Å²) in [5.41, 5.74) is 7.41. The second-order valence-corrected chi connectivity index (χ2v) is 3.81. The number of carbonyl (C=O) groups excluding carboxylic acids is 1. The van der Waals surface area contributed by atoms with Crippen molar-refractivity contribution in [2.24, 2.45) is 10.9 Å². The molecule has 0 heterocycles. The van der Waals surface area contributed by atoms with Crippen LogP contribution in [0.3, 0.4) is 0 Å². The molecular formula is C13H19N3O2. The van der Waals surface area contributed by atoms with E-state index >= 15 is 0 Å². The highest BCUT2D eigenvalue weighted by molar-refractivity contribution is 5.91. The van der Waals surface area contributed by atoms with E-state index in [1.165, 1.54) is 5.56 Å². The van der Waals surface area contributed by atoms with Gasteiger partial charge in [0.2, 0.25) is 0 Å². The molecular weight excluding hydrogens is 230 g/mol. The van der Waals surface area contributed by atoms with Crippen molar-refractivity contribution >= 4 is 17.4 Å². The quantitative estimate of drug-likeness (QED) is 0.459. The second kappa shape index (κ2) is 7.32. The zero-order chi connectivity index (χ0) is 13.4. The number of nitrogens with two attached hydrogens (primary N) is 1. The number of benzene rings is 1. The fourth-order valence-electron chi connectivity index (χ4n) is 1.26. The van der Waals surface area contributed by atoms with Crippen LogP contribution in [-0.2, 0) is 16.1 Å². The molecule has 1 rings (SSSR count). The lowest BCUT2D eigenvalue weighted by molar-refractivity contribution is -0.120. The van der Waals surface area contributed by atoms with Gasteiger partial charge in [0.05, 0.1) is 0 Å². The van der Waals surface area contributed by atoms with E-state index in [4.69, 9.17) is 10.6 Å². The third kappa shape index (κ3) is 4.86.